The monoisotopic (exact) mass is 417 g/mol. The number of rotatable bonds is 5. The van der Waals surface area contributed by atoms with Crippen molar-refractivity contribution >= 4 is 23.3 Å². The molecule has 0 spiro atoms. The van der Waals surface area contributed by atoms with E-state index in [0.29, 0.717) is 28.8 Å². The molecule has 2 amide bonds. The Hall–Kier alpha value is -3.28. The fourth-order valence-electron chi connectivity index (χ4n) is 5.82. The summed E-state index contributed by atoms with van der Waals surface area (Å²) in [5, 5.41) is 0. The number of imide groups is 1. The highest BCUT2D eigenvalue weighted by Crippen LogP contribution is 2.65. The van der Waals surface area contributed by atoms with Crippen LogP contribution in [0.25, 0.3) is 0 Å². The normalized spacial score (nSPS) is 32.1. The Balaban J connectivity index is 1.26. The largest absolute Gasteiger partial charge is 0.483 e. The minimum atomic E-state index is -0.420. The van der Waals surface area contributed by atoms with E-state index in [4.69, 9.17) is 4.74 Å². The molecule has 6 heteroatoms. The average molecular weight is 417 g/mol. The highest BCUT2D eigenvalue weighted by atomic mass is 19.1. The van der Waals surface area contributed by atoms with Gasteiger partial charge in [-0.1, -0.05) is 24.3 Å². The molecule has 4 aliphatic carbocycles. The maximum atomic E-state index is 13.4. The maximum Gasteiger partial charge on any atom is 0.238 e. The van der Waals surface area contributed by atoms with E-state index in [1.54, 1.807) is 24.3 Å². The van der Waals surface area contributed by atoms with E-state index < -0.39 is 5.82 Å². The summed E-state index contributed by atoms with van der Waals surface area (Å²) in [6.07, 6.45) is 5.39. The summed E-state index contributed by atoms with van der Waals surface area (Å²) in [6.45, 7) is -0.275. The summed E-state index contributed by atoms with van der Waals surface area (Å²) in [5.41, 5.74) is 0.715. The molecule has 156 valence electrons. The summed E-state index contributed by atoms with van der Waals surface area (Å²) >= 11 is 0. The van der Waals surface area contributed by atoms with Crippen LogP contribution in [0.5, 0.6) is 5.75 Å². The number of ketones is 1. The number of allylic oxidation sites excluding steroid dienone is 2. The lowest BCUT2D eigenvalue weighted by Gasteiger charge is -2.37. The molecule has 5 nitrogen and oxygen atoms in total. The second kappa shape index (κ2) is 6.61. The highest BCUT2D eigenvalue weighted by molar-refractivity contribution is 6.23. The Morgan fingerprint density at radius 2 is 1.55 bits per heavy atom. The van der Waals surface area contributed by atoms with E-state index in [9.17, 15) is 18.8 Å². The first kappa shape index (κ1) is 18.5. The summed E-state index contributed by atoms with van der Waals surface area (Å²) in [7, 11) is 0. The number of nitrogens with zero attached hydrogens (tertiary/aromatic N) is 1. The number of hydrogen-bond donors (Lipinski definition) is 0. The van der Waals surface area contributed by atoms with Gasteiger partial charge < -0.3 is 4.74 Å². The average Bonchev–Trinajstić information content (AvgIpc) is 3.56. The second-order valence-electron chi connectivity index (χ2n) is 8.85. The minimum Gasteiger partial charge on any atom is -0.483 e. The van der Waals surface area contributed by atoms with Crippen LogP contribution < -0.4 is 9.64 Å². The summed E-state index contributed by atoms with van der Waals surface area (Å²) < 4.78 is 18.8. The van der Waals surface area contributed by atoms with Gasteiger partial charge in [-0.3, -0.25) is 14.4 Å². The lowest BCUT2D eigenvalue weighted by Crippen LogP contribution is -2.40. The van der Waals surface area contributed by atoms with Crippen molar-refractivity contribution < 1.29 is 23.5 Å². The zero-order valence-corrected chi connectivity index (χ0v) is 16.6. The van der Waals surface area contributed by atoms with Crippen LogP contribution in [0.2, 0.25) is 0 Å². The Bertz CT molecular complexity index is 1100. The van der Waals surface area contributed by atoms with E-state index in [1.807, 2.05) is 0 Å². The number of Topliss-reactive ketones (excluding diaryl/α,β-unsaturated/α-hetero) is 1. The third-order valence-electron chi connectivity index (χ3n) is 7.29. The van der Waals surface area contributed by atoms with Crippen molar-refractivity contribution in [3.05, 3.63) is 72.1 Å². The second-order valence-corrected chi connectivity index (χ2v) is 8.85. The molecule has 2 saturated carbocycles. The molecule has 7 rings (SSSR count). The summed E-state index contributed by atoms with van der Waals surface area (Å²) in [5.74, 6) is 0.0244. The van der Waals surface area contributed by atoms with Gasteiger partial charge in [0, 0.05) is 5.56 Å². The van der Waals surface area contributed by atoms with Gasteiger partial charge >= 0.3 is 0 Å². The van der Waals surface area contributed by atoms with E-state index in [-0.39, 0.29) is 47.9 Å². The van der Waals surface area contributed by atoms with Crippen molar-refractivity contribution in [1.82, 2.24) is 0 Å². The maximum absolute atomic E-state index is 13.4. The molecule has 1 saturated heterocycles. The summed E-state index contributed by atoms with van der Waals surface area (Å²) in [6, 6.07) is 12.1. The van der Waals surface area contributed by atoms with Crippen molar-refractivity contribution in [2.45, 2.75) is 6.42 Å². The molecule has 2 aromatic carbocycles. The zero-order chi connectivity index (χ0) is 21.3. The van der Waals surface area contributed by atoms with E-state index in [1.165, 1.54) is 29.2 Å². The highest BCUT2D eigenvalue weighted by Gasteiger charge is 2.67. The Labute approximate surface area is 178 Å². The lowest BCUT2D eigenvalue weighted by atomic mass is 9.63. The molecular weight excluding hydrogens is 397 g/mol. The van der Waals surface area contributed by atoms with Gasteiger partial charge in [-0.25, -0.2) is 9.29 Å². The van der Waals surface area contributed by atoms with E-state index >= 15 is 0 Å². The van der Waals surface area contributed by atoms with Gasteiger partial charge in [0.15, 0.2) is 12.4 Å². The smallest absolute Gasteiger partial charge is 0.238 e. The number of carbonyl (C=O) groups is 3. The zero-order valence-electron chi connectivity index (χ0n) is 16.6. The standard InChI is InChI=1S/C25H20FNO4/c26-14-7-5-13(6-8-14)20(28)12-31-21-4-2-1-3-19(21)27-24(29)22-15-9-10-16(18-11-17(15)18)23(22)25(27)30/h1-10,15-18,22-23H,11-12H2/t15-,16-,17-,18+,22-,23+/m0/s1. The predicted octanol–water partition coefficient (Wildman–Crippen LogP) is 3.64. The van der Waals surface area contributed by atoms with Crippen molar-refractivity contribution in [2.75, 3.05) is 11.5 Å². The van der Waals surface area contributed by atoms with Crippen LogP contribution in [-0.4, -0.2) is 24.2 Å². The minimum absolute atomic E-state index is 0.148. The first-order valence-corrected chi connectivity index (χ1v) is 10.6. The molecule has 3 fully saturated rings. The summed E-state index contributed by atoms with van der Waals surface area (Å²) in [4.78, 5) is 40.4. The lowest BCUT2D eigenvalue weighted by molar-refractivity contribution is -0.124. The fourth-order valence-corrected chi connectivity index (χ4v) is 5.82. The first-order valence-electron chi connectivity index (χ1n) is 10.6. The van der Waals surface area contributed by atoms with Gasteiger partial charge in [-0.15, -0.1) is 0 Å². The quantitative estimate of drug-likeness (QED) is 0.423. The van der Waals surface area contributed by atoms with Gasteiger partial charge in [0.2, 0.25) is 11.8 Å². The number of halogens is 1. The van der Waals surface area contributed by atoms with Crippen LogP contribution >= 0.6 is 0 Å². The van der Waals surface area contributed by atoms with Crippen molar-refractivity contribution in [2.24, 2.45) is 35.5 Å². The molecule has 0 aromatic heterocycles. The van der Waals surface area contributed by atoms with E-state index in [0.717, 1.165) is 6.42 Å². The number of carbonyl (C=O) groups excluding carboxylic acids is 3. The predicted molar refractivity (Wildman–Crippen MR) is 110 cm³/mol. The molecule has 5 aliphatic rings. The topological polar surface area (TPSA) is 63.7 Å². The van der Waals surface area contributed by atoms with Crippen molar-refractivity contribution in [1.29, 1.82) is 0 Å². The van der Waals surface area contributed by atoms with Crippen LogP contribution in [0, 0.1) is 41.3 Å². The van der Waals surface area contributed by atoms with E-state index in [2.05, 4.69) is 12.2 Å². The molecule has 1 aliphatic heterocycles. The number of para-hydroxylation sites is 2. The number of anilines is 1. The van der Waals surface area contributed by atoms with Gasteiger partial charge in [0.05, 0.1) is 17.5 Å². The van der Waals surface area contributed by atoms with Crippen molar-refractivity contribution in [3.63, 3.8) is 0 Å². The van der Waals surface area contributed by atoms with Crippen LogP contribution in [0.4, 0.5) is 10.1 Å². The van der Waals surface area contributed by atoms with Crippen molar-refractivity contribution in [3.8, 4) is 5.75 Å². The number of hydrogen-bond acceptors (Lipinski definition) is 4. The molecule has 1 heterocycles. The molecular formula is C25H20FNO4. The first-order chi connectivity index (χ1) is 15.0. The fraction of sp³-hybridized carbons (Fsp3) is 0.320. The van der Waals surface area contributed by atoms with Gasteiger partial charge in [0.1, 0.15) is 11.6 Å². The molecule has 2 aromatic rings. The molecule has 0 N–H and O–H groups in total. The Kier molecular flexibility index (Phi) is 3.94. The van der Waals surface area contributed by atoms with Crippen LogP contribution in [0.15, 0.2) is 60.7 Å². The third kappa shape index (κ3) is 2.70. The van der Waals surface area contributed by atoms with Gasteiger partial charge in [0.25, 0.3) is 0 Å². The molecule has 6 atom stereocenters. The van der Waals surface area contributed by atoms with Gasteiger partial charge in [-0.05, 0) is 66.5 Å². The third-order valence-corrected chi connectivity index (χ3v) is 7.29. The molecule has 31 heavy (non-hydrogen) atoms. The Morgan fingerprint density at radius 1 is 0.935 bits per heavy atom. The number of ether oxygens (including phenoxy) is 1. The Morgan fingerprint density at radius 3 is 2.19 bits per heavy atom. The van der Waals surface area contributed by atoms with Gasteiger partial charge in [-0.2, -0.15) is 0 Å². The SMILES string of the molecule is O=C(COc1ccccc1N1C(=O)[C@@H]2[C@H]3C=C[C@@H]([C@@H]4C[C@H]34)[C@@H]2C1=O)c1ccc(F)cc1. The number of amides is 2. The van der Waals surface area contributed by atoms with Crippen LogP contribution in [0.3, 0.4) is 0 Å². The van der Waals surface area contributed by atoms with Crippen LogP contribution in [-0.2, 0) is 9.59 Å². The van der Waals surface area contributed by atoms with Crippen LogP contribution in [0.1, 0.15) is 16.8 Å². The number of benzene rings is 2. The molecule has 0 unspecified atom stereocenters. The molecule has 0 radical (unpaired) electrons. The molecule has 2 bridgehead atoms.